The molecule has 1 N–H and O–H groups in total. The molecule has 1 atom stereocenters. The summed E-state index contributed by atoms with van der Waals surface area (Å²) < 4.78 is 8.49. The zero-order chi connectivity index (χ0) is 17.0. The molecule has 0 fully saturated rings. The maximum absolute atomic E-state index is 6.03. The summed E-state index contributed by atoms with van der Waals surface area (Å²) in [5.74, 6) is 1.61. The fraction of sp³-hybridized carbons (Fsp3) is 0.600. The molecular weight excluding hydrogens is 284 g/mol. The first-order valence-corrected chi connectivity index (χ1v) is 8.96. The molecule has 0 saturated heterocycles. The summed E-state index contributed by atoms with van der Waals surface area (Å²) in [5.41, 5.74) is 4.09. The van der Waals surface area contributed by atoms with E-state index >= 15 is 0 Å². The highest BCUT2D eigenvalue weighted by Crippen LogP contribution is 2.30. The number of hydrogen-bond donors (Lipinski definition) is 1. The van der Waals surface area contributed by atoms with Crippen molar-refractivity contribution in [2.45, 2.75) is 67.2 Å². The van der Waals surface area contributed by atoms with Crippen LogP contribution in [0.15, 0.2) is 18.2 Å². The largest absolute Gasteiger partial charge is 0.491 e. The van der Waals surface area contributed by atoms with Crippen LogP contribution in [0.2, 0.25) is 0 Å². The molecule has 0 radical (unpaired) electrons. The minimum Gasteiger partial charge on any atom is -0.491 e. The molecule has 0 aliphatic heterocycles. The SMILES string of the molecule is CCNCc1c(C)n(CC(C)C)c2ccc(O[C@@H](C)CC)cc12. The normalized spacial score (nSPS) is 13.0. The topological polar surface area (TPSA) is 26.2 Å². The maximum atomic E-state index is 6.03. The second-order valence-corrected chi connectivity index (χ2v) is 6.86. The number of ether oxygens (including phenoxy) is 1. The van der Waals surface area contributed by atoms with Crippen molar-refractivity contribution in [3.05, 3.63) is 29.5 Å². The Labute approximate surface area is 141 Å². The lowest BCUT2D eigenvalue weighted by Crippen LogP contribution is -2.13. The maximum Gasteiger partial charge on any atom is 0.120 e. The van der Waals surface area contributed by atoms with Crippen LogP contribution in [-0.4, -0.2) is 17.2 Å². The van der Waals surface area contributed by atoms with Crippen LogP contribution in [0.3, 0.4) is 0 Å². The minimum atomic E-state index is 0.253. The van der Waals surface area contributed by atoms with Crippen molar-refractivity contribution in [3.63, 3.8) is 0 Å². The van der Waals surface area contributed by atoms with E-state index in [2.05, 4.69) is 69.6 Å². The molecule has 2 aromatic rings. The van der Waals surface area contributed by atoms with Crippen LogP contribution in [-0.2, 0) is 13.1 Å². The van der Waals surface area contributed by atoms with Gasteiger partial charge in [0.25, 0.3) is 0 Å². The predicted octanol–water partition coefficient (Wildman–Crippen LogP) is 4.89. The van der Waals surface area contributed by atoms with Crippen molar-refractivity contribution < 1.29 is 4.74 Å². The third-order valence-corrected chi connectivity index (χ3v) is 4.44. The zero-order valence-electron chi connectivity index (χ0n) is 15.6. The first-order valence-electron chi connectivity index (χ1n) is 8.96. The van der Waals surface area contributed by atoms with Gasteiger partial charge < -0.3 is 14.6 Å². The molecule has 0 amide bonds. The Kier molecular flexibility index (Phi) is 6.11. The van der Waals surface area contributed by atoms with Crippen molar-refractivity contribution in [2.24, 2.45) is 5.92 Å². The molecular formula is C20H32N2O. The third kappa shape index (κ3) is 4.08. The zero-order valence-corrected chi connectivity index (χ0v) is 15.6. The van der Waals surface area contributed by atoms with Crippen LogP contribution < -0.4 is 10.1 Å². The highest BCUT2D eigenvalue weighted by atomic mass is 16.5. The third-order valence-electron chi connectivity index (χ3n) is 4.44. The van der Waals surface area contributed by atoms with Gasteiger partial charge in [-0.25, -0.2) is 0 Å². The average molecular weight is 316 g/mol. The lowest BCUT2D eigenvalue weighted by molar-refractivity contribution is 0.217. The summed E-state index contributed by atoms with van der Waals surface area (Å²) in [6, 6.07) is 6.55. The summed E-state index contributed by atoms with van der Waals surface area (Å²) in [5, 5.41) is 4.81. The Morgan fingerprint density at radius 3 is 2.52 bits per heavy atom. The Bertz CT molecular complexity index is 643. The Morgan fingerprint density at radius 2 is 1.91 bits per heavy atom. The number of benzene rings is 1. The van der Waals surface area contributed by atoms with E-state index in [0.29, 0.717) is 5.92 Å². The molecule has 1 heterocycles. The van der Waals surface area contributed by atoms with E-state index in [1.54, 1.807) is 0 Å². The Morgan fingerprint density at radius 1 is 1.17 bits per heavy atom. The van der Waals surface area contributed by atoms with Crippen molar-refractivity contribution >= 4 is 10.9 Å². The molecule has 128 valence electrons. The Balaban J connectivity index is 2.49. The fourth-order valence-electron chi connectivity index (χ4n) is 2.99. The van der Waals surface area contributed by atoms with Crippen LogP contribution >= 0.6 is 0 Å². The molecule has 0 bridgehead atoms. The van der Waals surface area contributed by atoms with Crippen LogP contribution in [0.1, 0.15) is 52.3 Å². The lowest BCUT2D eigenvalue weighted by atomic mass is 10.1. The summed E-state index contributed by atoms with van der Waals surface area (Å²) in [4.78, 5) is 0. The number of nitrogens with one attached hydrogen (secondary N) is 1. The monoisotopic (exact) mass is 316 g/mol. The van der Waals surface area contributed by atoms with E-state index in [0.717, 1.165) is 31.8 Å². The molecule has 3 nitrogen and oxygen atoms in total. The van der Waals surface area contributed by atoms with Gasteiger partial charge in [-0.15, -0.1) is 0 Å². The number of rotatable bonds is 8. The minimum absolute atomic E-state index is 0.253. The predicted molar refractivity (Wildman–Crippen MR) is 99.3 cm³/mol. The molecule has 2 rings (SSSR count). The van der Waals surface area contributed by atoms with Gasteiger partial charge in [-0.2, -0.15) is 0 Å². The van der Waals surface area contributed by atoms with Gasteiger partial charge in [-0.1, -0.05) is 27.7 Å². The quantitative estimate of drug-likeness (QED) is 0.750. The van der Waals surface area contributed by atoms with E-state index in [1.165, 1.54) is 22.2 Å². The van der Waals surface area contributed by atoms with Crippen LogP contribution in [0, 0.1) is 12.8 Å². The van der Waals surface area contributed by atoms with Gasteiger partial charge in [0.2, 0.25) is 0 Å². The first kappa shape index (κ1) is 17.9. The van der Waals surface area contributed by atoms with Gasteiger partial charge in [-0.3, -0.25) is 0 Å². The number of hydrogen-bond acceptors (Lipinski definition) is 2. The summed E-state index contributed by atoms with van der Waals surface area (Å²) >= 11 is 0. The van der Waals surface area contributed by atoms with Crippen molar-refractivity contribution in [2.75, 3.05) is 6.54 Å². The Hall–Kier alpha value is -1.48. The average Bonchev–Trinajstić information content (AvgIpc) is 2.76. The molecule has 1 aromatic carbocycles. The molecule has 0 spiro atoms. The van der Waals surface area contributed by atoms with E-state index in [1.807, 2.05) is 0 Å². The van der Waals surface area contributed by atoms with E-state index in [4.69, 9.17) is 4.74 Å². The number of nitrogens with zero attached hydrogens (tertiary/aromatic N) is 1. The van der Waals surface area contributed by atoms with Gasteiger partial charge in [0.15, 0.2) is 0 Å². The molecule has 0 saturated carbocycles. The fourth-order valence-corrected chi connectivity index (χ4v) is 2.99. The van der Waals surface area contributed by atoms with Crippen LogP contribution in [0.25, 0.3) is 10.9 Å². The van der Waals surface area contributed by atoms with Crippen molar-refractivity contribution in [1.29, 1.82) is 0 Å². The van der Waals surface area contributed by atoms with Gasteiger partial charge in [0, 0.05) is 29.7 Å². The van der Waals surface area contributed by atoms with Crippen molar-refractivity contribution in [1.82, 2.24) is 9.88 Å². The summed E-state index contributed by atoms with van der Waals surface area (Å²) in [7, 11) is 0. The lowest BCUT2D eigenvalue weighted by Gasteiger charge is -2.13. The molecule has 3 heteroatoms. The molecule has 1 aromatic heterocycles. The van der Waals surface area contributed by atoms with E-state index in [9.17, 15) is 0 Å². The highest BCUT2D eigenvalue weighted by molar-refractivity contribution is 5.87. The van der Waals surface area contributed by atoms with E-state index in [-0.39, 0.29) is 6.10 Å². The molecule has 0 aliphatic carbocycles. The van der Waals surface area contributed by atoms with Crippen molar-refractivity contribution in [3.8, 4) is 5.75 Å². The first-order chi connectivity index (χ1) is 11.0. The smallest absolute Gasteiger partial charge is 0.120 e. The van der Waals surface area contributed by atoms with E-state index < -0.39 is 0 Å². The summed E-state index contributed by atoms with van der Waals surface area (Å²) in [6.45, 7) is 16.2. The van der Waals surface area contributed by atoms with Gasteiger partial charge >= 0.3 is 0 Å². The molecule has 0 aliphatic rings. The number of fused-ring (bicyclic) bond motifs is 1. The highest BCUT2D eigenvalue weighted by Gasteiger charge is 2.15. The molecule has 0 unspecified atom stereocenters. The van der Waals surface area contributed by atoms with Gasteiger partial charge in [0.05, 0.1) is 6.10 Å². The second kappa shape index (κ2) is 7.87. The van der Waals surface area contributed by atoms with Crippen LogP contribution in [0.4, 0.5) is 0 Å². The van der Waals surface area contributed by atoms with Gasteiger partial charge in [0.1, 0.15) is 5.75 Å². The standard InChI is InChI=1S/C20H32N2O/c1-7-15(5)23-17-9-10-20-18(11-17)19(12-21-8-2)16(6)22(20)13-14(3)4/h9-11,14-15,21H,7-8,12-13H2,1-6H3/t15-/m0/s1. The number of aromatic nitrogens is 1. The molecule has 23 heavy (non-hydrogen) atoms. The van der Waals surface area contributed by atoms with Gasteiger partial charge in [-0.05, 0) is 56.5 Å². The summed E-state index contributed by atoms with van der Waals surface area (Å²) in [6.07, 6.45) is 1.28. The second-order valence-electron chi connectivity index (χ2n) is 6.86. The van der Waals surface area contributed by atoms with Crippen LogP contribution in [0.5, 0.6) is 5.75 Å².